The van der Waals surface area contributed by atoms with Crippen molar-refractivity contribution in [1.29, 1.82) is 0 Å². The highest BCUT2D eigenvalue weighted by Gasteiger charge is 2.31. The summed E-state index contributed by atoms with van der Waals surface area (Å²) >= 11 is 6.02. The first-order valence-electron chi connectivity index (χ1n) is 8.59. The van der Waals surface area contributed by atoms with E-state index in [2.05, 4.69) is 23.6 Å². The van der Waals surface area contributed by atoms with Crippen molar-refractivity contribution in [3.8, 4) is 0 Å². The molecule has 0 bridgehead atoms. The predicted octanol–water partition coefficient (Wildman–Crippen LogP) is 2.34. The number of halogens is 1. The van der Waals surface area contributed by atoms with E-state index in [1.807, 2.05) is 17.0 Å². The van der Waals surface area contributed by atoms with Crippen LogP contribution in [0.25, 0.3) is 0 Å². The monoisotopic (exact) mass is 363 g/mol. The average Bonchev–Trinajstić information content (AvgIpc) is 2.90. The molecule has 134 valence electrons. The summed E-state index contributed by atoms with van der Waals surface area (Å²) in [6, 6.07) is 4.91. The molecule has 6 nitrogen and oxygen atoms in total. The Hall–Kier alpha value is -2.08. The number of rotatable bonds is 4. The van der Waals surface area contributed by atoms with Gasteiger partial charge in [-0.2, -0.15) is 0 Å². The largest absolute Gasteiger partial charge is 0.343 e. The normalized spacial score (nSPS) is 21.2. The first-order chi connectivity index (χ1) is 11.9. The number of carbonyl (C=O) groups is 3. The van der Waals surface area contributed by atoms with Crippen LogP contribution in [-0.4, -0.2) is 41.9 Å². The van der Waals surface area contributed by atoms with Gasteiger partial charge in [0.05, 0.1) is 0 Å². The highest BCUT2D eigenvalue weighted by molar-refractivity contribution is 6.30. The molecule has 1 aromatic carbocycles. The van der Waals surface area contributed by atoms with Crippen molar-refractivity contribution in [2.75, 3.05) is 13.1 Å². The summed E-state index contributed by atoms with van der Waals surface area (Å²) in [6.45, 7) is 3.50. The van der Waals surface area contributed by atoms with Crippen LogP contribution in [0.3, 0.4) is 0 Å². The van der Waals surface area contributed by atoms with Crippen LogP contribution in [0.4, 0.5) is 4.79 Å². The molecule has 2 fully saturated rings. The summed E-state index contributed by atoms with van der Waals surface area (Å²) in [4.78, 5) is 36.8. The second-order valence-electron chi connectivity index (χ2n) is 6.71. The van der Waals surface area contributed by atoms with Crippen LogP contribution < -0.4 is 10.6 Å². The zero-order valence-corrected chi connectivity index (χ0v) is 14.9. The number of piperidine rings is 1. The molecule has 2 saturated heterocycles. The van der Waals surface area contributed by atoms with Gasteiger partial charge in [-0.1, -0.05) is 17.7 Å². The number of benzene rings is 1. The van der Waals surface area contributed by atoms with E-state index < -0.39 is 12.1 Å². The highest BCUT2D eigenvalue weighted by Crippen LogP contribution is 2.31. The van der Waals surface area contributed by atoms with Gasteiger partial charge in [-0.15, -0.1) is 0 Å². The highest BCUT2D eigenvalue weighted by atomic mass is 35.5. The molecule has 0 aromatic heterocycles. The lowest BCUT2D eigenvalue weighted by molar-refractivity contribution is -0.132. The minimum Gasteiger partial charge on any atom is -0.343 e. The van der Waals surface area contributed by atoms with Gasteiger partial charge in [-0.3, -0.25) is 14.9 Å². The third-order valence-corrected chi connectivity index (χ3v) is 5.26. The number of amides is 4. The SMILES string of the molecule is Cc1cc(Cl)ccc1C1CCN(C(=O)CCC2NC(=O)NC2=O)CC1. The van der Waals surface area contributed by atoms with E-state index in [4.69, 9.17) is 11.6 Å². The molecule has 2 heterocycles. The Kier molecular flexibility index (Phi) is 5.27. The van der Waals surface area contributed by atoms with Gasteiger partial charge in [-0.25, -0.2) is 4.79 Å². The number of urea groups is 1. The second-order valence-corrected chi connectivity index (χ2v) is 7.15. The Balaban J connectivity index is 1.49. The van der Waals surface area contributed by atoms with E-state index in [-0.39, 0.29) is 18.2 Å². The third kappa shape index (κ3) is 4.12. The average molecular weight is 364 g/mol. The van der Waals surface area contributed by atoms with Crippen LogP contribution in [0.1, 0.15) is 42.7 Å². The van der Waals surface area contributed by atoms with Crippen LogP contribution in [0.2, 0.25) is 5.02 Å². The zero-order chi connectivity index (χ0) is 18.0. The summed E-state index contributed by atoms with van der Waals surface area (Å²) in [5, 5.41) is 5.45. The molecule has 1 atom stereocenters. The summed E-state index contributed by atoms with van der Waals surface area (Å²) < 4.78 is 0. The molecule has 2 aliphatic rings. The number of hydrogen-bond donors (Lipinski definition) is 2. The van der Waals surface area contributed by atoms with Gasteiger partial charge in [0, 0.05) is 24.5 Å². The number of likely N-dealkylation sites (tertiary alicyclic amines) is 1. The number of hydrogen-bond acceptors (Lipinski definition) is 3. The van der Waals surface area contributed by atoms with Gasteiger partial charge in [0.25, 0.3) is 5.91 Å². The Morgan fingerprint density at radius 2 is 2.00 bits per heavy atom. The number of nitrogens with one attached hydrogen (secondary N) is 2. The topological polar surface area (TPSA) is 78.5 Å². The van der Waals surface area contributed by atoms with E-state index in [9.17, 15) is 14.4 Å². The Morgan fingerprint density at radius 3 is 2.60 bits per heavy atom. The number of nitrogens with zero attached hydrogens (tertiary/aromatic N) is 1. The van der Waals surface area contributed by atoms with E-state index >= 15 is 0 Å². The van der Waals surface area contributed by atoms with Crippen molar-refractivity contribution in [2.24, 2.45) is 0 Å². The first kappa shape index (κ1) is 17.7. The van der Waals surface area contributed by atoms with Gasteiger partial charge in [0.2, 0.25) is 5.91 Å². The molecule has 0 saturated carbocycles. The molecular weight excluding hydrogens is 342 g/mol. The maximum atomic E-state index is 12.4. The van der Waals surface area contributed by atoms with Crippen molar-refractivity contribution >= 4 is 29.4 Å². The van der Waals surface area contributed by atoms with Crippen LogP contribution in [0, 0.1) is 6.92 Å². The molecule has 1 unspecified atom stereocenters. The van der Waals surface area contributed by atoms with Crippen molar-refractivity contribution < 1.29 is 14.4 Å². The van der Waals surface area contributed by atoms with Crippen molar-refractivity contribution in [3.63, 3.8) is 0 Å². The molecule has 0 aliphatic carbocycles. The molecule has 2 aliphatic heterocycles. The van der Waals surface area contributed by atoms with Crippen LogP contribution >= 0.6 is 11.6 Å². The standard InChI is InChI=1S/C18H22ClN3O3/c1-11-10-13(19)2-3-14(11)12-6-8-22(9-7-12)16(23)5-4-15-17(24)21-18(25)20-15/h2-3,10,12,15H,4-9H2,1H3,(H2,20,21,24,25). The Labute approximate surface area is 151 Å². The summed E-state index contributed by atoms with van der Waals surface area (Å²) in [5.74, 6) is 0.135. The lowest BCUT2D eigenvalue weighted by atomic mass is 9.87. The Bertz CT molecular complexity index is 699. The Morgan fingerprint density at radius 1 is 1.28 bits per heavy atom. The smallest absolute Gasteiger partial charge is 0.322 e. The molecule has 7 heteroatoms. The quantitative estimate of drug-likeness (QED) is 0.806. The molecule has 2 N–H and O–H groups in total. The van der Waals surface area contributed by atoms with E-state index in [1.54, 1.807) is 0 Å². The van der Waals surface area contributed by atoms with Gasteiger partial charge in [0.15, 0.2) is 0 Å². The van der Waals surface area contributed by atoms with Gasteiger partial charge >= 0.3 is 6.03 Å². The minimum absolute atomic E-state index is 0.0419. The van der Waals surface area contributed by atoms with Gasteiger partial charge in [-0.05, 0) is 55.4 Å². The first-order valence-corrected chi connectivity index (χ1v) is 8.97. The zero-order valence-electron chi connectivity index (χ0n) is 14.2. The minimum atomic E-state index is -0.592. The van der Waals surface area contributed by atoms with E-state index in [0.717, 1.165) is 31.0 Å². The lowest BCUT2D eigenvalue weighted by Crippen LogP contribution is -2.39. The van der Waals surface area contributed by atoms with E-state index in [1.165, 1.54) is 11.1 Å². The maximum absolute atomic E-state index is 12.4. The van der Waals surface area contributed by atoms with Gasteiger partial charge < -0.3 is 10.2 Å². The molecule has 1 aromatic rings. The fourth-order valence-corrected chi connectivity index (χ4v) is 3.85. The number of imide groups is 1. The molecular formula is C18H22ClN3O3. The molecule has 0 radical (unpaired) electrons. The fourth-order valence-electron chi connectivity index (χ4n) is 3.63. The lowest BCUT2D eigenvalue weighted by Gasteiger charge is -2.33. The van der Waals surface area contributed by atoms with Crippen LogP contribution in [0.5, 0.6) is 0 Å². The second kappa shape index (κ2) is 7.44. The van der Waals surface area contributed by atoms with Crippen molar-refractivity contribution in [2.45, 2.75) is 44.6 Å². The third-order valence-electron chi connectivity index (χ3n) is 5.02. The number of aryl methyl sites for hydroxylation is 1. The van der Waals surface area contributed by atoms with Crippen molar-refractivity contribution in [1.82, 2.24) is 15.5 Å². The fraction of sp³-hybridized carbons (Fsp3) is 0.500. The summed E-state index contributed by atoms with van der Waals surface area (Å²) in [6.07, 6.45) is 2.46. The predicted molar refractivity (Wildman–Crippen MR) is 94.4 cm³/mol. The summed E-state index contributed by atoms with van der Waals surface area (Å²) in [5.41, 5.74) is 2.50. The molecule has 4 amide bonds. The summed E-state index contributed by atoms with van der Waals surface area (Å²) in [7, 11) is 0. The van der Waals surface area contributed by atoms with Crippen LogP contribution in [-0.2, 0) is 9.59 Å². The molecule has 3 rings (SSSR count). The van der Waals surface area contributed by atoms with Crippen molar-refractivity contribution in [3.05, 3.63) is 34.3 Å². The number of carbonyl (C=O) groups excluding carboxylic acids is 3. The van der Waals surface area contributed by atoms with Gasteiger partial charge in [0.1, 0.15) is 6.04 Å². The maximum Gasteiger partial charge on any atom is 0.322 e. The molecule has 25 heavy (non-hydrogen) atoms. The van der Waals surface area contributed by atoms with Crippen LogP contribution in [0.15, 0.2) is 18.2 Å². The van der Waals surface area contributed by atoms with E-state index in [0.29, 0.717) is 12.3 Å². The molecule has 0 spiro atoms.